The van der Waals surface area contributed by atoms with E-state index in [0.717, 1.165) is 14.5 Å². The van der Waals surface area contributed by atoms with E-state index in [-0.39, 0.29) is 0 Å². The fourth-order valence-electron chi connectivity index (χ4n) is 1.61. The van der Waals surface area contributed by atoms with Gasteiger partial charge in [0.2, 0.25) is 0 Å². The van der Waals surface area contributed by atoms with Crippen LogP contribution in [0.2, 0.25) is 10.0 Å². The van der Waals surface area contributed by atoms with E-state index in [1.165, 1.54) is 0 Å². The van der Waals surface area contributed by atoms with Gasteiger partial charge in [-0.2, -0.15) is 0 Å². The van der Waals surface area contributed by atoms with Gasteiger partial charge in [-0.15, -0.1) is 0 Å². The standard InChI is InChI=1S/C13H8Br2Cl2O/c14-9-3-8(4-10(15)6-9)13(18)7-1-2-11(16)12(17)5-7/h1-6,13,18H. The molecule has 2 rings (SSSR count). The number of hydrogen-bond acceptors (Lipinski definition) is 1. The van der Waals surface area contributed by atoms with Crippen LogP contribution in [-0.4, -0.2) is 5.11 Å². The molecule has 0 aromatic heterocycles. The highest BCUT2D eigenvalue weighted by Gasteiger charge is 2.13. The van der Waals surface area contributed by atoms with Gasteiger partial charge < -0.3 is 5.11 Å². The van der Waals surface area contributed by atoms with Crippen molar-refractivity contribution >= 4 is 55.1 Å². The summed E-state index contributed by atoms with van der Waals surface area (Å²) < 4.78 is 1.79. The third kappa shape index (κ3) is 3.28. The molecule has 0 amide bonds. The smallest absolute Gasteiger partial charge is 0.104 e. The van der Waals surface area contributed by atoms with Crippen LogP contribution in [0.4, 0.5) is 0 Å². The second-order valence-corrected chi connectivity index (χ2v) is 6.42. The molecule has 18 heavy (non-hydrogen) atoms. The Balaban J connectivity index is 2.40. The SMILES string of the molecule is OC(c1cc(Br)cc(Br)c1)c1ccc(Cl)c(Cl)c1. The average molecular weight is 411 g/mol. The average Bonchev–Trinajstić information content (AvgIpc) is 2.30. The molecule has 0 heterocycles. The minimum absolute atomic E-state index is 0.433. The van der Waals surface area contributed by atoms with Crippen LogP contribution in [0, 0.1) is 0 Å². The first-order chi connectivity index (χ1) is 8.47. The Kier molecular flexibility index (Phi) is 4.73. The Bertz CT molecular complexity index is 567. The molecule has 0 radical (unpaired) electrons. The van der Waals surface area contributed by atoms with Gasteiger partial charge in [-0.25, -0.2) is 0 Å². The zero-order chi connectivity index (χ0) is 13.3. The van der Waals surface area contributed by atoms with E-state index < -0.39 is 6.10 Å². The fraction of sp³-hybridized carbons (Fsp3) is 0.0769. The van der Waals surface area contributed by atoms with Crippen LogP contribution in [0.15, 0.2) is 45.3 Å². The summed E-state index contributed by atoms with van der Waals surface area (Å²) in [6.45, 7) is 0. The monoisotopic (exact) mass is 408 g/mol. The maximum Gasteiger partial charge on any atom is 0.104 e. The van der Waals surface area contributed by atoms with Crippen LogP contribution in [0.5, 0.6) is 0 Å². The number of benzene rings is 2. The first-order valence-electron chi connectivity index (χ1n) is 5.06. The van der Waals surface area contributed by atoms with E-state index in [4.69, 9.17) is 23.2 Å². The van der Waals surface area contributed by atoms with Crippen molar-refractivity contribution in [2.75, 3.05) is 0 Å². The van der Waals surface area contributed by atoms with E-state index in [0.29, 0.717) is 15.6 Å². The molecule has 0 spiro atoms. The lowest BCUT2D eigenvalue weighted by atomic mass is 10.0. The Labute approximate surface area is 132 Å². The van der Waals surface area contributed by atoms with Crippen molar-refractivity contribution in [3.63, 3.8) is 0 Å². The van der Waals surface area contributed by atoms with Crippen LogP contribution < -0.4 is 0 Å². The van der Waals surface area contributed by atoms with E-state index >= 15 is 0 Å². The lowest BCUT2D eigenvalue weighted by molar-refractivity contribution is 0.220. The molecule has 0 bridgehead atoms. The van der Waals surface area contributed by atoms with Crippen molar-refractivity contribution in [2.45, 2.75) is 6.10 Å². The third-order valence-electron chi connectivity index (χ3n) is 2.46. The second kappa shape index (κ2) is 5.93. The van der Waals surface area contributed by atoms with Gasteiger partial charge in [-0.05, 0) is 41.5 Å². The number of rotatable bonds is 2. The van der Waals surface area contributed by atoms with Gasteiger partial charge in [0.05, 0.1) is 10.0 Å². The Morgan fingerprint density at radius 1 is 0.833 bits per heavy atom. The number of aliphatic hydroxyl groups excluding tert-OH is 1. The zero-order valence-electron chi connectivity index (χ0n) is 9.00. The molecule has 94 valence electrons. The summed E-state index contributed by atoms with van der Waals surface area (Å²) in [6, 6.07) is 10.7. The van der Waals surface area contributed by atoms with E-state index in [1.54, 1.807) is 18.2 Å². The highest BCUT2D eigenvalue weighted by atomic mass is 79.9. The van der Waals surface area contributed by atoms with Crippen molar-refractivity contribution < 1.29 is 5.11 Å². The summed E-state index contributed by atoms with van der Waals surface area (Å²) in [4.78, 5) is 0. The summed E-state index contributed by atoms with van der Waals surface area (Å²) >= 11 is 18.6. The van der Waals surface area contributed by atoms with Crippen molar-refractivity contribution in [1.29, 1.82) is 0 Å². The van der Waals surface area contributed by atoms with Gasteiger partial charge in [-0.1, -0.05) is 61.1 Å². The molecule has 0 saturated heterocycles. The molecule has 5 heteroatoms. The minimum Gasteiger partial charge on any atom is -0.384 e. The summed E-state index contributed by atoms with van der Waals surface area (Å²) in [5, 5.41) is 11.2. The molecule has 1 unspecified atom stereocenters. The quantitative estimate of drug-likeness (QED) is 0.683. The highest BCUT2D eigenvalue weighted by molar-refractivity contribution is 9.11. The summed E-state index contributed by atoms with van der Waals surface area (Å²) in [7, 11) is 0. The summed E-state index contributed by atoms with van der Waals surface area (Å²) in [5.74, 6) is 0. The van der Waals surface area contributed by atoms with Crippen LogP contribution in [0.1, 0.15) is 17.2 Å². The predicted octanol–water partition coefficient (Wildman–Crippen LogP) is 5.60. The largest absolute Gasteiger partial charge is 0.384 e. The lowest BCUT2D eigenvalue weighted by Gasteiger charge is -2.13. The van der Waals surface area contributed by atoms with Gasteiger partial charge >= 0.3 is 0 Å². The molecular formula is C13H8Br2Cl2O. The van der Waals surface area contributed by atoms with Crippen molar-refractivity contribution in [3.8, 4) is 0 Å². The first kappa shape index (κ1) is 14.4. The van der Waals surface area contributed by atoms with Gasteiger partial charge in [0.1, 0.15) is 6.10 Å². The molecule has 1 N–H and O–H groups in total. The molecule has 1 atom stereocenters. The zero-order valence-corrected chi connectivity index (χ0v) is 13.7. The molecule has 0 aliphatic carbocycles. The van der Waals surface area contributed by atoms with Crippen molar-refractivity contribution in [2.24, 2.45) is 0 Å². The Morgan fingerprint density at radius 2 is 1.44 bits per heavy atom. The first-order valence-corrected chi connectivity index (χ1v) is 7.40. The minimum atomic E-state index is -0.742. The Hall–Kier alpha value is -0.0600. The molecule has 0 aliphatic heterocycles. The van der Waals surface area contributed by atoms with Crippen molar-refractivity contribution in [3.05, 3.63) is 66.5 Å². The van der Waals surface area contributed by atoms with Crippen molar-refractivity contribution in [1.82, 2.24) is 0 Å². The van der Waals surface area contributed by atoms with Crippen LogP contribution in [-0.2, 0) is 0 Å². The van der Waals surface area contributed by atoms with Gasteiger partial charge in [0.15, 0.2) is 0 Å². The molecule has 0 saturated carbocycles. The topological polar surface area (TPSA) is 20.2 Å². The highest BCUT2D eigenvalue weighted by Crippen LogP contribution is 2.31. The van der Waals surface area contributed by atoms with Crippen LogP contribution >= 0.6 is 55.1 Å². The van der Waals surface area contributed by atoms with E-state index in [1.807, 2.05) is 18.2 Å². The number of hydrogen-bond donors (Lipinski definition) is 1. The molecule has 0 aliphatic rings. The molecule has 1 nitrogen and oxygen atoms in total. The van der Waals surface area contributed by atoms with Gasteiger partial charge in [-0.3, -0.25) is 0 Å². The normalized spacial score (nSPS) is 12.5. The van der Waals surface area contributed by atoms with Gasteiger partial charge in [0.25, 0.3) is 0 Å². The number of halogens is 4. The summed E-state index contributed by atoms with van der Waals surface area (Å²) in [6.07, 6.45) is -0.742. The summed E-state index contributed by atoms with van der Waals surface area (Å²) in [5.41, 5.74) is 1.48. The van der Waals surface area contributed by atoms with Crippen LogP contribution in [0.25, 0.3) is 0 Å². The maximum atomic E-state index is 10.3. The molecule has 2 aromatic carbocycles. The Morgan fingerprint density at radius 3 is 2.00 bits per heavy atom. The molecule has 0 fully saturated rings. The maximum absolute atomic E-state index is 10.3. The van der Waals surface area contributed by atoms with E-state index in [2.05, 4.69) is 31.9 Å². The third-order valence-corrected chi connectivity index (χ3v) is 4.11. The fourth-order valence-corrected chi connectivity index (χ4v) is 3.24. The van der Waals surface area contributed by atoms with E-state index in [9.17, 15) is 5.11 Å². The molecule has 2 aromatic rings. The van der Waals surface area contributed by atoms with Gasteiger partial charge in [0, 0.05) is 8.95 Å². The predicted molar refractivity (Wildman–Crippen MR) is 82.4 cm³/mol. The molecular weight excluding hydrogens is 403 g/mol. The number of aliphatic hydroxyl groups is 1. The lowest BCUT2D eigenvalue weighted by Crippen LogP contribution is -1.99. The van der Waals surface area contributed by atoms with Crippen LogP contribution in [0.3, 0.4) is 0 Å². The second-order valence-electron chi connectivity index (χ2n) is 3.78.